The lowest BCUT2D eigenvalue weighted by atomic mass is 10.2. The molecule has 1 unspecified atom stereocenters. The van der Waals surface area contributed by atoms with Gasteiger partial charge in [-0.3, -0.25) is 4.68 Å². The van der Waals surface area contributed by atoms with E-state index in [1.54, 1.807) is 4.68 Å². The summed E-state index contributed by atoms with van der Waals surface area (Å²) in [4.78, 5) is 0.0870. The summed E-state index contributed by atoms with van der Waals surface area (Å²) in [6, 6.07) is 0. The van der Waals surface area contributed by atoms with Crippen LogP contribution in [0.1, 0.15) is 26.2 Å². The molecular formula is C11H20N4O2S2. The van der Waals surface area contributed by atoms with Gasteiger partial charge in [-0.15, -0.1) is 0 Å². The summed E-state index contributed by atoms with van der Waals surface area (Å²) in [6.07, 6.45) is 4.61. The van der Waals surface area contributed by atoms with E-state index in [2.05, 4.69) is 9.82 Å². The summed E-state index contributed by atoms with van der Waals surface area (Å²) >= 11 is 1.82. The molecule has 0 radical (unpaired) electrons. The van der Waals surface area contributed by atoms with Crippen LogP contribution in [0, 0.1) is 0 Å². The van der Waals surface area contributed by atoms with Gasteiger partial charge in [0.05, 0.1) is 0 Å². The Labute approximate surface area is 118 Å². The summed E-state index contributed by atoms with van der Waals surface area (Å²) in [6.45, 7) is 3.13. The predicted octanol–water partition coefficient (Wildman–Crippen LogP) is 1.05. The van der Waals surface area contributed by atoms with Crippen LogP contribution in [-0.2, 0) is 16.6 Å². The number of sulfonamides is 1. The van der Waals surface area contributed by atoms with Crippen LogP contribution in [-0.4, -0.2) is 35.7 Å². The number of nitrogens with one attached hydrogen (secondary N) is 1. The number of aromatic nitrogens is 2. The first-order valence-corrected chi connectivity index (χ1v) is 9.00. The van der Waals surface area contributed by atoms with Gasteiger partial charge in [0.25, 0.3) is 0 Å². The van der Waals surface area contributed by atoms with Gasteiger partial charge in [0.1, 0.15) is 4.90 Å². The van der Waals surface area contributed by atoms with E-state index >= 15 is 0 Å². The first-order valence-electron chi connectivity index (χ1n) is 6.47. The van der Waals surface area contributed by atoms with Crippen LogP contribution < -0.4 is 10.5 Å². The second kappa shape index (κ2) is 6.15. The number of nitrogen functional groups attached to an aromatic ring is 1. The molecule has 1 aliphatic heterocycles. The van der Waals surface area contributed by atoms with Gasteiger partial charge in [0.15, 0.2) is 5.82 Å². The van der Waals surface area contributed by atoms with Crippen molar-refractivity contribution in [3.63, 3.8) is 0 Å². The average molecular weight is 304 g/mol. The standard InChI is InChI=1S/C11H20N4O2S2/c1-2-5-15-8-10(11(12)14-15)19(16,17)13-7-9-4-3-6-18-9/h8-9,13H,2-7H2,1H3,(H2,12,14). The van der Waals surface area contributed by atoms with Crippen LogP contribution in [0.3, 0.4) is 0 Å². The molecule has 1 fully saturated rings. The molecule has 3 N–H and O–H groups in total. The topological polar surface area (TPSA) is 90.0 Å². The maximum atomic E-state index is 12.2. The van der Waals surface area contributed by atoms with Gasteiger partial charge in [0.2, 0.25) is 10.0 Å². The predicted molar refractivity (Wildman–Crippen MR) is 77.6 cm³/mol. The van der Waals surface area contributed by atoms with Gasteiger partial charge < -0.3 is 5.73 Å². The van der Waals surface area contributed by atoms with Crippen molar-refractivity contribution in [3.05, 3.63) is 6.20 Å². The Morgan fingerprint density at radius 1 is 1.63 bits per heavy atom. The molecule has 0 spiro atoms. The smallest absolute Gasteiger partial charge is 0.245 e. The number of aryl methyl sites for hydroxylation is 1. The molecule has 0 saturated carbocycles. The summed E-state index contributed by atoms with van der Waals surface area (Å²) in [5, 5.41) is 4.39. The molecule has 1 aromatic rings. The zero-order valence-electron chi connectivity index (χ0n) is 11.0. The van der Waals surface area contributed by atoms with E-state index in [9.17, 15) is 8.42 Å². The van der Waals surface area contributed by atoms with Gasteiger partial charge in [-0.2, -0.15) is 16.9 Å². The minimum absolute atomic E-state index is 0.0695. The average Bonchev–Trinajstić information content (AvgIpc) is 2.97. The normalized spacial score (nSPS) is 19.9. The molecule has 0 bridgehead atoms. The van der Waals surface area contributed by atoms with Crippen LogP contribution >= 0.6 is 11.8 Å². The molecule has 108 valence electrons. The number of anilines is 1. The van der Waals surface area contributed by atoms with Crippen molar-refractivity contribution >= 4 is 27.6 Å². The minimum Gasteiger partial charge on any atom is -0.381 e. The van der Waals surface area contributed by atoms with Crippen LogP contribution in [0.2, 0.25) is 0 Å². The minimum atomic E-state index is -3.55. The Morgan fingerprint density at radius 2 is 2.42 bits per heavy atom. The summed E-state index contributed by atoms with van der Waals surface area (Å²) in [5.41, 5.74) is 5.69. The van der Waals surface area contributed by atoms with E-state index in [1.807, 2.05) is 18.7 Å². The third kappa shape index (κ3) is 3.64. The maximum absolute atomic E-state index is 12.2. The van der Waals surface area contributed by atoms with Gasteiger partial charge in [-0.25, -0.2) is 13.1 Å². The molecular weight excluding hydrogens is 284 g/mol. The summed E-state index contributed by atoms with van der Waals surface area (Å²) in [5.74, 6) is 1.18. The van der Waals surface area contributed by atoms with E-state index in [0.29, 0.717) is 18.3 Å². The Bertz CT molecular complexity index is 521. The molecule has 1 aromatic heterocycles. The molecule has 1 saturated heterocycles. The Hall–Kier alpha value is -0.730. The van der Waals surface area contributed by atoms with Crippen molar-refractivity contribution < 1.29 is 8.42 Å². The highest BCUT2D eigenvalue weighted by atomic mass is 32.2. The first kappa shape index (κ1) is 14.7. The first-order chi connectivity index (χ1) is 9.03. The SMILES string of the molecule is CCCn1cc(S(=O)(=O)NCC2CCCS2)c(N)n1. The quantitative estimate of drug-likeness (QED) is 0.820. The zero-order chi connectivity index (χ0) is 13.9. The highest BCUT2D eigenvalue weighted by molar-refractivity contribution is 8.00. The van der Waals surface area contributed by atoms with Crippen LogP contribution in [0.25, 0.3) is 0 Å². The fourth-order valence-electron chi connectivity index (χ4n) is 2.05. The highest BCUT2D eigenvalue weighted by Gasteiger charge is 2.23. The number of thioether (sulfide) groups is 1. The lowest BCUT2D eigenvalue weighted by Gasteiger charge is -2.09. The Morgan fingerprint density at radius 3 is 3.05 bits per heavy atom. The van der Waals surface area contributed by atoms with Crippen molar-refractivity contribution in [2.24, 2.45) is 0 Å². The molecule has 0 amide bonds. The van der Waals surface area contributed by atoms with Crippen molar-refractivity contribution in [3.8, 4) is 0 Å². The van der Waals surface area contributed by atoms with Gasteiger partial charge >= 0.3 is 0 Å². The summed E-state index contributed by atoms with van der Waals surface area (Å²) < 4.78 is 28.6. The monoisotopic (exact) mass is 304 g/mol. The number of nitrogens with two attached hydrogens (primary N) is 1. The molecule has 2 rings (SSSR count). The third-order valence-corrected chi connectivity index (χ3v) is 5.86. The molecule has 0 aliphatic carbocycles. The molecule has 6 nitrogen and oxygen atoms in total. The van der Waals surface area contributed by atoms with Crippen LogP contribution in [0.4, 0.5) is 5.82 Å². The van der Waals surface area contributed by atoms with Gasteiger partial charge in [-0.1, -0.05) is 6.92 Å². The zero-order valence-corrected chi connectivity index (χ0v) is 12.6. The van der Waals surface area contributed by atoms with E-state index < -0.39 is 10.0 Å². The number of hydrogen-bond acceptors (Lipinski definition) is 5. The molecule has 1 aliphatic rings. The second-order valence-corrected chi connectivity index (χ2v) is 7.77. The summed E-state index contributed by atoms with van der Waals surface area (Å²) in [7, 11) is -3.55. The maximum Gasteiger partial charge on any atom is 0.245 e. The van der Waals surface area contributed by atoms with Crippen molar-refractivity contribution in [1.82, 2.24) is 14.5 Å². The van der Waals surface area contributed by atoms with E-state index in [0.717, 1.165) is 25.0 Å². The lowest BCUT2D eigenvalue weighted by Crippen LogP contribution is -2.30. The molecule has 19 heavy (non-hydrogen) atoms. The second-order valence-electron chi connectivity index (χ2n) is 4.63. The molecule has 2 heterocycles. The number of hydrogen-bond donors (Lipinski definition) is 2. The van der Waals surface area contributed by atoms with E-state index in [1.165, 1.54) is 6.20 Å². The van der Waals surface area contributed by atoms with Crippen molar-refractivity contribution in [1.29, 1.82) is 0 Å². The largest absolute Gasteiger partial charge is 0.381 e. The van der Waals surface area contributed by atoms with Crippen molar-refractivity contribution in [2.45, 2.75) is 42.9 Å². The van der Waals surface area contributed by atoms with E-state index in [4.69, 9.17) is 5.73 Å². The van der Waals surface area contributed by atoms with Gasteiger partial charge in [0, 0.05) is 24.5 Å². The number of nitrogens with zero attached hydrogens (tertiary/aromatic N) is 2. The fourth-order valence-corrected chi connectivity index (χ4v) is 4.51. The van der Waals surface area contributed by atoms with Crippen molar-refractivity contribution in [2.75, 3.05) is 18.0 Å². The van der Waals surface area contributed by atoms with E-state index in [-0.39, 0.29) is 10.7 Å². The van der Waals surface area contributed by atoms with Gasteiger partial charge in [-0.05, 0) is 25.0 Å². The molecule has 0 aromatic carbocycles. The Kier molecular flexibility index (Phi) is 4.75. The van der Waals surface area contributed by atoms with Crippen LogP contribution in [0.15, 0.2) is 11.1 Å². The molecule has 1 atom stereocenters. The lowest BCUT2D eigenvalue weighted by molar-refractivity contribution is 0.577. The molecule has 8 heteroatoms. The third-order valence-electron chi connectivity index (χ3n) is 3.02. The Balaban J connectivity index is 2.05. The fraction of sp³-hybridized carbons (Fsp3) is 0.727. The number of rotatable bonds is 6. The highest BCUT2D eigenvalue weighted by Crippen LogP contribution is 2.26. The van der Waals surface area contributed by atoms with Crippen LogP contribution in [0.5, 0.6) is 0 Å².